The topological polar surface area (TPSA) is 78.4 Å². The minimum absolute atomic E-state index is 0.00756. The SMILES string of the molecule is O=C(C[C@H]1CC[C@H](NC(=O)O)CC1)Nc1cc(C(F)(F)F)cc(C(F)(F)F)c1. The standard InChI is InChI=1S/C17H18F6N2O3/c18-16(19,20)10-6-11(17(21,22)23)8-13(7-10)24-14(26)5-9-1-3-12(4-2-9)25-15(27)28/h6-9,12,25H,1-5H2,(H,24,26)(H,27,28)/t9-,12-. The van der Waals surface area contributed by atoms with E-state index in [2.05, 4.69) is 10.6 Å². The Balaban J connectivity index is 2.03. The van der Waals surface area contributed by atoms with Gasteiger partial charge in [0.1, 0.15) is 0 Å². The van der Waals surface area contributed by atoms with E-state index in [1.165, 1.54) is 0 Å². The van der Waals surface area contributed by atoms with Gasteiger partial charge in [-0.2, -0.15) is 26.3 Å². The van der Waals surface area contributed by atoms with Gasteiger partial charge in [-0.15, -0.1) is 0 Å². The summed E-state index contributed by atoms with van der Waals surface area (Å²) in [6.45, 7) is 0. The molecule has 156 valence electrons. The van der Waals surface area contributed by atoms with Crippen LogP contribution in [0, 0.1) is 5.92 Å². The highest BCUT2D eigenvalue weighted by atomic mass is 19.4. The molecule has 2 amide bonds. The average molecular weight is 412 g/mol. The summed E-state index contributed by atoms with van der Waals surface area (Å²) in [5, 5.41) is 13.1. The summed E-state index contributed by atoms with van der Waals surface area (Å²) in [5.74, 6) is -0.818. The van der Waals surface area contributed by atoms with E-state index in [-0.39, 0.29) is 24.4 Å². The number of alkyl halides is 6. The summed E-state index contributed by atoms with van der Waals surface area (Å²) < 4.78 is 77.1. The molecule has 0 aliphatic heterocycles. The second-order valence-electron chi connectivity index (χ2n) is 6.71. The number of carbonyl (C=O) groups excluding carboxylic acids is 1. The molecule has 1 aliphatic rings. The number of halogens is 6. The van der Waals surface area contributed by atoms with E-state index in [1.807, 2.05) is 0 Å². The van der Waals surface area contributed by atoms with Crippen molar-refractivity contribution in [1.29, 1.82) is 0 Å². The molecule has 0 heterocycles. The minimum Gasteiger partial charge on any atom is -0.465 e. The Hall–Kier alpha value is -2.46. The molecular weight excluding hydrogens is 394 g/mol. The Kier molecular flexibility index (Phi) is 6.45. The van der Waals surface area contributed by atoms with Gasteiger partial charge < -0.3 is 15.7 Å². The van der Waals surface area contributed by atoms with Crippen molar-refractivity contribution in [1.82, 2.24) is 5.32 Å². The highest BCUT2D eigenvalue weighted by Gasteiger charge is 2.37. The van der Waals surface area contributed by atoms with Crippen molar-refractivity contribution >= 4 is 17.7 Å². The maximum Gasteiger partial charge on any atom is 0.416 e. The van der Waals surface area contributed by atoms with Gasteiger partial charge in [-0.05, 0) is 49.8 Å². The van der Waals surface area contributed by atoms with Crippen LogP contribution in [0.1, 0.15) is 43.2 Å². The van der Waals surface area contributed by atoms with Gasteiger partial charge in [0, 0.05) is 18.2 Å². The molecule has 1 aromatic rings. The summed E-state index contributed by atoms with van der Waals surface area (Å²) in [6, 6.07) is 0.684. The number of nitrogens with one attached hydrogen (secondary N) is 2. The zero-order valence-electron chi connectivity index (χ0n) is 14.5. The van der Waals surface area contributed by atoms with Crippen molar-refractivity contribution < 1.29 is 41.0 Å². The van der Waals surface area contributed by atoms with E-state index >= 15 is 0 Å². The number of hydrogen-bond acceptors (Lipinski definition) is 2. The van der Waals surface area contributed by atoms with Crippen molar-refractivity contribution in [2.75, 3.05) is 5.32 Å². The van der Waals surface area contributed by atoms with Crippen LogP contribution in [0.5, 0.6) is 0 Å². The monoisotopic (exact) mass is 412 g/mol. The van der Waals surface area contributed by atoms with Crippen LogP contribution < -0.4 is 10.6 Å². The first-order valence-corrected chi connectivity index (χ1v) is 8.43. The third-order valence-electron chi connectivity index (χ3n) is 4.52. The van der Waals surface area contributed by atoms with Gasteiger partial charge in [-0.1, -0.05) is 0 Å². The average Bonchev–Trinajstić information content (AvgIpc) is 2.54. The van der Waals surface area contributed by atoms with E-state index in [1.54, 1.807) is 0 Å². The molecule has 28 heavy (non-hydrogen) atoms. The highest BCUT2D eigenvalue weighted by Crippen LogP contribution is 2.37. The van der Waals surface area contributed by atoms with Crippen LogP contribution in [0.15, 0.2) is 18.2 Å². The lowest BCUT2D eigenvalue weighted by atomic mass is 9.84. The number of benzene rings is 1. The quantitative estimate of drug-likeness (QED) is 0.617. The Morgan fingerprint density at radius 3 is 1.86 bits per heavy atom. The lowest BCUT2D eigenvalue weighted by molar-refractivity contribution is -0.143. The maximum absolute atomic E-state index is 12.8. The zero-order chi connectivity index (χ0) is 21.1. The summed E-state index contributed by atoms with van der Waals surface area (Å²) >= 11 is 0. The van der Waals surface area contributed by atoms with Crippen molar-refractivity contribution in [2.24, 2.45) is 5.92 Å². The molecule has 1 saturated carbocycles. The van der Waals surface area contributed by atoms with E-state index < -0.39 is 41.2 Å². The Morgan fingerprint density at radius 1 is 0.929 bits per heavy atom. The molecule has 0 saturated heterocycles. The molecule has 5 nitrogen and oxygen atoms in total. The minimum atomic E-state index is -4.99. The van der Waals surface area contributed by atoms with Gasteiger partial charge in [0.25, 0.3) is 0 Å². The van der Waals surface area contributed by atoms with E-state index in [4.69, 9.17) is 5.11 Å². The zero-order valence-corrected chi connectivity index (χ0v) is 14.5. The van der Waals surface area contributed by atoms with Crippen molar-refractivity contribution in [3.63, 3.8) is 0 Å². The largest absolute Gasteiger partial charge is 0.465 e. The lowest BCUT2D eigenvalue weighted by Crippen LogP contribution is -2.37. The molecule has 3 N–H and O–H groups in total. The predicted molar refractivity (Wildman–Crippen MR) is 86.6 cm³/mol. The third kappa shape index (κ3) is 6.31. The fourth-order valence-corrected chi connectivity index (χ4v) is 3.19. The molecule has 0 spiro atoms. The molecule has 1 aliphatic carbocycles. The number of hydrogen-bond donors (Lipinski definition) is 3. The summed E-state index contributed by atoms with van der Waals surface area (Å²) in [5.41, 5.74) is -3.58. The Morgan fingerprint density at radius 2 is 1.43 bits per heavy atom. The maximum atomic E-state index is 12.8. The van der Waals surface area contributed by atoms with E-state index in [0.29, 0.717) is 37.8 Å². The first kappa shape index (κ1) is 21.8. The van der Waals surface area contributed by atoms with Gasteiger partial charge in [0.05, 0.1) is 11.1 Å². The smallest absolute Gasteiger partial charge is 0.416 e. The number of anilines is 1. The molecule has 2 rings (SSSR count). The Bertz CT molecular complexity index is 692. The van der Waals surface area contributed by atoms with E-state index in [9.17, 15) is 35.9 Å². The highest BCUT2D eigenvalue weighted by molar-refractivity contribution is 5.91. The fraction of sp³-hybridized carbons (Fsp3) is 0.529. The molecular formula is C17H18F6N2O3. The molecule has 0 atom stereocenters. The molecule has 0 unspecified atom stereocenters. The molecule has 0 radical (unpaired) electrons. The first-order chi connectivity index (χ1) is 12.8. The first-order valence-electron chi connectivity index (χ1n) is 8.43. The molecule has 0 aromatic heterocycles. The number of rotatable bonds is 4. The summed E-state index contributed by atoms with van der Waals surface area (Å²) in [7, 11) is 0. The summed E-state index contributed by atoms with van der Waals surface area (Å²) in [6.07, 6.45) is -9.14. The van der Waals surface area contributed by atoms with Gasteiger partial charge in [-0.25, -0.2) is 4.79 Å². The molecule has 0 bridgehead atoms. The van der Waals surface area contributed by atoms with Crippen LogP contribution >= 0.6 is 0 Å². The van der Waals surface area contributed by atoms with Crippen LogP contribution in [0.2, 0.25) is 0 Å². The van der Waals surface area contributed by atoms with Gasteiger partial charge in [0.15, 0.2) is 0 Å². The predicted octanol–water partition coefficient (Wildman–Crippen LogP) is 4.88. The second-order valence-corrected chi connectivity index (χ2v) is 6.71. The number of carboxylic acid groups (broad SMARTS) is 1. The van der Waals surface area contributed by atoms with Gasteiger partial charge in [0.2, 0.25) is 5.91 Å². The van der Waals surface area contributed by atoms with Gasteiger partial charge in [-0.3, -0.25) is 4.79 Å². The van der Waals surface area contributed by atoms with Gasteiger partial charge >= 0.3 is 18.4 Å². The fourth-order valence-electron chi connectivity index (χ4n) is 3.19. The molecule has 11 heteroatoms. The Labute approximate surface area is 156 Å². The number of carbonyl (C=O) groups is 2. The van der Waals surface area contributed by atoms with Crippen molar-refractivity contribution in [3.05, 3.63) is 29.3 Å². The second kappa shape index (κ2) is 8.27. The van der Waals surface area contributed by atoms with Crippen LogP contribution in [-0.2, 0) is 17.1 Å². The molecule has 1 fully saturated rings. The lowest BCUT2D eigenvalue weighted by Gasteiger charge is -2.28. The summed E-state index contributed by atoms with van der Waals surface area (Å²) in [4.78, 5) is 22.7. The van der Waals surface area contributed by atoms with Crippen LogP contribution in [0.4, 0.5) is 36.8 Å². The van der Waals surface area contributed by atoms with Crippen LogP contribution in [0.3, 0.4) is 0 Å². The van der Waals surface area contributed by atoms with Crippen molar-refractivity contribution in [3.8, 4) is 0 Å². The molecule has 1 aromatic carbocycles. The van der Waals surface area contributed by atoms with Crippen LogP contribution in [-0.4, -0.2) is 23.1 Å². The van der Waals surface area contributed by atoms with Crippen molar-refractivity contribution in [2.45, 2.75) is 50.5 Å². The van der Waals surface area contributed by atoms with E-state index in [0.717, 1.165) is 0 Å². The third-order valence-corrected chi connectivity index (χ3v) is 4.52. The van der Waals surface area contributed by atoms with Crippen LogP contribution in [0.25, 0.3) is 0 Å². The number of amides is 2. The normalized spacial score (nSPS) is 20.5.